The number of aromatic nitrogens is 2. The van der Waals surface area contributed by atoms with Crippen LogP contribution in [0.4, 0.5) is 25.0 Å². The molecule has 1 fully saturated rings. The predicted molar refractivity (Wildman–Crippen MR) is 111 cm³/mol. The Bertz CT molecular complexity index is 1080. The highest BCUT2D eigenvalue weighted by atomic mass is 19.3. The summed E-state index contributed by atoms with van der Waals surface area (Å²) >= 11 is 0. The standard InChI is InChI=1S/C21H21F2N5O3/c22-18(23)19-27-16-8-3-12(10-17(16)28-19)20(29)25-13-4-6-14(7-5-13)26-21(30)24-11-15-2-1-9-31-15/h3-8,10,15,18H,1-2,9,11H2,(H,25,29)(H,27,28)(H2,24,26,30). The minimum Gasteiger partial charge on any atom is -0.376 e. The van der Waals surface area contributed by atoms with Crippen LogP contribution in [-0.2, 0) is 4.74 Å². The average Bonchev–Trinajstić information content (AvgIpc) is 3.43. The van der Waals surface area contributed by atoms with Gasteiger partial charge in [-0.1, -0.05) is 0 Å². The molecule has 1 saturated heterocycles. The molecule has 8 nitrogen and oxygen atoms in total. The van der Waals surface area contributed by atoms with Crippen molar-refractivity contribution >= 4 is 34.3 Å². The highest BCUT2D eigenvalue weighted by Gasteiger charge is 2.16. The number of hydrogen-bond donors (Lipinski definition) is 4. The van der Waals surface area contributed by atoms with Gasteiger partial charge in [0.25, 0.3) is 12.3 Å². The van der Waals surface area contributed by atoms with E-state index in [2.05, 4.69) is 25.9 Å². The summed E-state index contributed by atoms with van der Waals surface area (Å²) in [7, 11) is 0. The van der Waals surface area contributed by atoms with Gasteiger partial charge in [-0.25, -0.2) is 18.6 Å². The summed E-state index contributed by atoms with van der Waals surface area (Å²) in [5.41, 5.74) is 2.11. The van der Waals surface area contributed by atoms with Gasteiger partial charge in [-0.15, -0.1) is 0 Å². The van der Waals surface area contributed by atoms with Gasteiger partial charge in [0.15, 0.2) is 5.82 Å². The number of amides is 3. The molecule has 0 radical (unpaired) electrons. The Kier molecular flexibility index (Phi) is 6.08. The van der Waals surface area contributed by atoms with E-state index < -0.39 is 18.2 Å². The molecule has 1 aromatic heterocycles. The van der Waals surface area contributed by atoms with E-state index >= 15 is 0 Å². The van der Waals surface area contributed by atoms with Crippen molar-refractivity contribution in [1.82, 2.24) is 15.3 Å². The van der Waals surface area contributed by atoms with E-state index in [1.54, 1.807) is 24.3 Å². The third kappa shape index (κ3) is 5.15. The number of urea groups is 1. The molecule has 3 aromatic rings. The fourth-order valence-electron chi connectivity index (χ4n) is 3.30. The summed E-state index contributed by atoms with van der Waals surface area (Å²) in [6, 6.07) is 10.8. The first-order valence-corrected chi connectivity index (χ1v) is 9.83. The Hall–Kier alpha value is -3.53. The third-order valence-electron chi connectivity index (χ3n) is 4.88. The summed E-state index contributed by atoms with van der Waals surface area (Å²) < 4.78 is 31.0. The molecular weight excluding hydrogens is 408 g/mol. The van der Waals surface area contributed by atoms with Gasteiger partial charge in [0, 0.05) is 30.1 Å². The van der Waals surface area contributed by atoms with Gasteiger partial charge in [-0.3, -0.25) is 4.79 Å². The molecule has 2 heterocycles. The van der Waals surface area contributed by atoms with E-state index in [1.165, 1.54) is 18.2 Å². The molecule has 1 atom stereocenters. The maximum atomic E-state index is 12.8. The van der Waals surface area contributed by atoms with Crippen LogP contribution in [0.15, 0.2) is 42.5 Å². The molecule has 0 aliphatic carbocycles. The number of nitrogens with one attached hydrogen (secondary N) is 4. The van der Waals surface area contributed by atoms with Crippen molar-refractivity contribution in [3.8, 4) is 0 Å². The van der Waals surface area contributed by atoms with Crippen molar-refractivity contribution in [3.05, 3.63) is 53.9 Å². The van der Waals surface area contributed by atoms with E-state index in [-0.39, 0.29) is 12.1 Å². The van der Waals surface area contributed by atoms with Crippen LogP contribution >= 0.6 is 0 Å². The Balaban J connectivity index is 1.33. The summed E-state index contributed by atoms with van der Waals surface area (Å²) in [6.07, 6.45) is -0.704. The number of carbonyl (C=O) groups excluding carboxylic acids is 2. The molecule has 4 rings (SSSR count). The lowest BCUT2D eigenvalue weighted by atomic mass is 10.2. The van der Waals surface area contributed by atoms with E-state index in [1.807, 2.05) is 0 Å². The van der Waals surface area contributed by atoms with Crippen LogP contribution in [0, 0.1) is 0 Å². The highest BCUT2D eigenvalue weighted by Crippen LogP contribution is 2.21. The first kappa shape index (κ1) is 20.7. The Morgan fingerprint density at radius 2 is 1.87 bits per heavy atom. The molecule has 0 saturated carbocycles. The molecule has 4 N–H and O–H groups in total. The van der Waals surface area contributed by atoms with Gasteiger partial charge in [-0.05, 0) is 55.3 Å². The number of rotatable bonds is 6. The highest BCUT2D eigenvalue weighted by molar-refractivity contribution is 6.06. The molecule has 1 aliphatic rings. The lowest BCUT2D eigenvalue weighted by Crippen LogP contribution is -2.35. The number of ether oxygens (including phenoxy) is 1. The Labute approximate surface area is 176 Å². The lowest BCUT2D eigenvalue weighted by Gasteiger charge is -2.12. The van der Waals surface area contributed by atoms with E-state index in [4.69, 9.17) is 4.74 Å². The van der Waals surface area contributed by atoms with Gasteiger partial charge in [0.1, 0.15) is 0 Å². The smallest absolute Gasteiger partial charge is 0.319 e. The molecule has 162 valence electrons. The molecule has 31 heavy (non-hydrogen) atoms. The van der Waals surface area contributed by atoms with Crippen molar-refractivity contribution in [2.75, 3.05) is 23.8 Å². The number of benzene rings is 2. The van der Waals surface area contributed by atoms with Gasteiger partial charge in [0.2, 0.25) is 0 Å². The van der Waals surface area contributed by atoms with E-state index in [0.717, 1.165) is 19.4 Å². The molecule has 0 spiro atoms. The number of aromatic amines is 1. The number of alkyl halides is 2. The normalized spacial score (nSPS) is 15.9. The number of imidazole rings is 1. The van der Waals surface area contributed by atoms with Gasteiger partial charge < -0.3 is 25.7 Å². The number of nitrogens with zero attached hydrogens (tertiary/aromatic N) is 1. The van der Waals surface area contributed by atoms with E-state index in [0.29, 0.717) is 34.5 Å². The lowest BCUT2D eigenvalue weighted by molar-refractivity contribution is 0.102. The molecule has 3 amide bonds. The van der Waals surface area contributed by atoms with Crippen molar-refractivity contribution in [2.24, 2.45) is 0 Å². The maximum Gasteiger partial charge on any atom is 0.319 e. The molecule has 1 aliphatic heterocycles. The fraction of sp³-hybridized carbons (Fsp3) is 0.286. The summed E-state index contributed by atoms with van der Waals surface area (Å²) in [5.74, 6) is -0.833. The molecule has 2 aromatic carbocycles. The van der Waals surface area contributed by atoms with Crippen molar-refractivity contribution < 1.29 is 23.1 Å². The second-order valence-electron chi connectivity index (χ2n) is 7.16. The first-order chi connectivity index (χ1) is 15.0. The first-order valence-electron chi connectivity index (χ1n) is 9.83. The monoisotopic (exact) mass is 429 g/mol. The zero-order chi connectivity index (χ0) is 21.8. The Morgan fingerprint density at radius 1 is 1.13 bits per heavy atom. The second kappa shape index (κ2) is 9.09. The topological polar surface area (TPSA) is 108 Å². The SMILES string of the molecule is O=C(NCC1CCCO1)Nc1ccc(NC(=O)c2ccc3nc(C(F)F)[nH]c3c2)cc1. The number of hydrogen-bond acceptors (Lipinski definition) is 4. The third-order valence-corrected chi connectivity index (χ3v) is 4.88. The predicted octanol–water partition coefficient (Wildman–Crippen LogP) is 4.05. The quantitative estimate of drug-likeness (QED) is 0.474. The van der Waals surface area contributed by atoms with Gasteiger partial charge in [0.05, 0.1) is 17.1 Å². The van der Waals surface area contributed by atoms with Crippen molar-refractivity contribution in [3.63, 3.8) is 0 Å². The van der Waals surface area contributed by atoms with Crippen LogP contribution in [0.1, 0.15) is 35.4 Å². The van der Waals surface area contributed by atoms with Crippen LogP contribution in [0.25, 0.3) is 11.0 Å². The maximum absolute atomic E-state index is 12.8. The zero-order valence-corrected chi connectivity index (χ0v) is 16.5. The second-order valence-corrected chi connectivity index (χ2v) is 7.16. The molecule has 10 heteroatoms. The minimum atomic E-state index is -2.71. The van der Waals surface area contributed by atoms with Crippen LogP contribution in [-0.4, -0.2) is 41.2 Å². The number of halogens is 2. The molecular formula is C21H21F2N5O3. The van der Waals surface area contributed by atoms with Crippen LogP contribution in [0.3, 0.4) is 0 Å². The van der Waals surface area contributed by atoms with Crippen LogP contribution < -0.4 is 16.0 Å². The Morgan fingerprint density at radius 3 is 2.55 bits per heavy atom. The summed E-state index contributed by atoms with van der Waals surface area (Å²) in [6.45, 7) is 1.19. The van der Waals surface area contributed by atoms with Crippen LogP contribution in [0.2, 0.25) is 0 Å². The number of fused-ring (bicyclic) bond motifs is 1. The van der Waals surface area contributed by atoms with Gasteiger partial charge in [-0.2, -0.15) is 0 Å². The largest absolute Gasteiger partial charge is 0.376 e. The number of carbonyl (C=O) groups is 2. The van der Waals surface area contributed by atoms with Crippen LogP contribution in [0.5, 0.6) is 0 Å². The zero-order valence-electron chi connectivity index (χ0n) is 16.5. The van der Waals surface area contributed by atoms with Crippen molar-refractivity contribution in [1.29, 1.82) is 0 Å². The number of anilines is 2. The number of H-pyrrole nitrogens is 1. The summed E-state index contributed by atoms with van der Waals surface area (Å²) in [4.78, 5) is 30.7. The van der Waals surface area contributed by atoms with E-state index in [9.17, 15) is 18.4 Å². The van der Waals surface area contributed by atoms with Crippen molar-refractivity contribution in [2.45, 2.75) is 25.4 Å². The fourth-order valence-corrected chi connectivity index (χ4v) is 3.30. The van der Waals surface area contributed by atoms with Gasteiger partial charge >= 0.3 is 6.03 Å². The summed E-state index contributed by atoms with van der Waals surface area (Å²) in [5, 5.41) is 8.21. The molecule has 1 unspecified atom stereocenters. The minimum absolute atomic E-state index is 0.0614. The molecule has 0 bridgehead atoms. The average molecular weight is 429 g/mol.